The van der Waals surface area contributed by atoms with Crippen LogP contribution in [0.15, 0.2) is 24.7 Å². The molecule has 1 N–H and O–H groups in total. The van der Waals surface area contributed by atoms with E-state index in [1.54, 1.807) is 18.6 Å². The zero-order valence-electron chi connectivity index (χ0n) is 15.1. The maximum Gasteiger partial charge on any atom is 0.226 e. The third-order valence-electron chi connectivity index (χ3n) is 5.26. The maximum atomic E-state index is 12.9. The molecule has 1 unspecified atom stereocenters. The van der Waals surface area contributed by atoms with E-state index in [1.165, 1.54) is 12.8 Å². The molecule has 1 aliphatic carbocycles. The smallest absolute Gasteiger partial charge is 0.226 e. The Kier molecular flexibility index (Phi) is 4.77. The van der Waals surface area contributed by atoms with Crippen LogP contribution >= 0.6 is 0 Å². The van der Waals surface area contributed by atoms with Gasteiger partial charge < -0.3 is 10.2 Å². The summed E-state index contributed by atoms with van der Waals surface area (Å²) in [7, 11) is 0. The molecule has 26 heavy (non-hydrogen) atoms. The monoisotopic (exact) mass is 352 g/mol. The predicted molar refractivity (Wildman–Crippen MR) is 97.7 cm³/mol. The number of anilines is 2. The van der Waals surface area contributed by atoms with Crippen LogP contribution in [0.4, 0.5) is 11.6 Å². The van der Waals surface area contributed by atoms with Crippen molar-refractivity contribution in [2.45, 2.75) is 51.5 Å². The van der Waals surface area contributed by atoms with E-state index in [4.69, 9.17) is 0 Å². The Morgan fingerprint density at radius 1 is 1.12 bits per heavy atom. The molecule has 0 radical (unpaired) electrons. The van der Waals surface area contributed by atoms with Crippen molar-refractivity contribution in [3.8, 4) is 0 Å². The Bertz CT molecular complexity index is 775. The number of carbonyl (C=O) groups excluding carboxylic acids is 1. The van der Waals surface area contributed by atoms with Gasteiger partial charge in [-0.3, -0.25) is 9.78 Å². The summed E-state index contributed by atoms with van der Waals surface area (Å²) in [5, 5.41) is 3.18. The van der Waals surface area contributed by atoms with E-state index in [0.29, 0.717) is 23.4 Å². The molecule has 136 valence electrons. The summed E-state index contributed by atoms with van der Waals surface area (Å²) in [5.41, 5.74) is 0.910. The SMILES string of the molecule is Cc1nc(Nc2cnccn2)cc(C2CCCN2C(=O)C2CCCC2)n1. The molecule has 3 heterocycles. The second-order valence-electron chi connectivity index (χ2n) is 7.11. The highest BCUT2D eigenvalue weighted by Gasteiger charge is 2.35. The highest BCUT2D eigenvalue weighted by Crippen LogP contribution is 2.36. The van der Waals surface area contributed by atoms with Gasteiger partial charge in [-0.1, -0.05) is 12.8 Å². The summed E-state index contributed by atoms with van der Waals surface area (Å²) >= 11 is 0. The first-order valence-electron chi connectivity index (χ1n) is 9.40. The first-order chi connectivity index (χ1) is 12.7. The summed E-state index contributed by atoms with van der Waals surface area (Å²) in [4.78, 5) is 32.4. The number of aromatic nitrogens is 4. The lowest BCUT2D eigenvalue weighted by molar-refractivity contribution is -0.136. The van der Waals surface area contributed by atoms with Gasteiger partial charge in [0.05, 0.1) is 17.9 Å². The van der Waals surface area contributed by atoms with Crippen molar-refractivity contribution < 1.29 is 4.79 Å². The molecule has 1 saturated carbocycles. The van der Waals surface area contributed by atoms with E-state index >= 15 is 0 Å². The largest absolute Gasteiger partial charge is 0.334 e. The molecular formula is C19H24N6O. The topological polar surface area (TPSA) is 83.9 Å². The number of nitrogens with one attached hydrogen (secondary N) is 1. The van der Waals surface area contributed by atoms with Crippen LogP contribution in [0.25, 0.3) is 0 Å². The highest BCUT2D eigenvalue weighted by atomic mass is 16.2. The van der Waals surface area contributed by atoms with Crippen LogP contribution in [0.3, 0.4) is 0 Å². The van der Waals surface area contributed by atoms with Gasteiger partial charge in [0.1, 0.15) is 17.5 Å². The van der Waals surface area contributed by atoms with Crippen LogP contribution in [0.2, 0.25) is 0 Å². The van der Waals surface area contributed by atoms with Gasteiger partial charge in [0, 0.05) is 30.9 Å². The zero-order chi connectivity index (χ0) is 17.9. The number of carbonyl (C=O) groups is 1. The lowest BCUT2D eigenvalue weighted by Crippen LogP contribution is -2.35. The van der Waals surface area contributed by atoms with Gasteiger partial charge in [-0.2, -0.15) is 0 Å². The molecule has 1 atom stereocenters. The van der Waals surface area contributed by atoms with Crippen molar-refractivity contribution in [2.24, 2.45) is 5.92 Å². The lowest BCUT2D eigenvalue weighted by atomic mass is 10.0. The van der Waals surface area contributed by atoms with Crippen molar-refractivity contribution in [3.05, 3.63) is 36.2 Å². The van der Waals surface area contributed by atoms with Crippen molar-refractivity contribution in [1.82, 2.24) is 24.8 Å². The van der Waals surface area contributed by atoms with Crippen LogP contribution in [-0.4, -0.2) is 37.3 Å². The Morgan fingerprint density at radius 3 is 2.73 bits per heavy atom. The Hall–Kier alpha value is -2.57. The van der Waals surface area contributed by atoms with Crippen LogP contribution in [-0.2, 0) is 4.79 Å². The summed E-state index contributed by atoms with van der Waals surface area (Å²) in [6.07, 6.45) is 11.3. The molecule has 2 aromatic rings. The van der Waals surface area contributed by atoms with Crippen molar-refractivity contribution in [1.29, 1.82) is 0 Å². The Morgan fingerprint density at radius 2 is 1.96 bits per heavy atom. The third-order valence-corrected chi connectivity index (χ3v) is 5.26. The van der Waals surface area contributed by atoms with E-state index < -0.39 is 0 Å². The second-order valence-corrected chi connectivity index (χ2v) is 7.11. The maximum absolute atomic E-state index is 12.9. The summed E-state index contributed by atoms with van der Waals surface area (Å²) in [6, 6.07) is 1.99. The minimum absolute atomic E-state index is 0.0483. The molecule has 2 aromatic heterocycles. The zero-order valence-corrected chi connectivity index (χ0v) is 15.1. The van der Waals surface area contributed by atoms with Crippen LogP contribution < -0.4 is 5.32 Å². The number of hydrogen-bond acceptors (Lipinski definition) is 6. The fourth-order valence-electron chi connectivity index (χ4n) is 4.07. The molecule has 1 saturated heterocycles. The van der Waals surface area contributed by atoms with E-state index in [-0.39, 0.29) is 12.0 Å². The second kappa shape index (κ2) is 7.35. The minimum Gasteiger partial charge on any atom is -0.334 e. The lowest BCUT2D eigenvalue weighted by Gasteiger charge is -2.27. The number of nitrogens with zero attached hydrogens (tertiary/aromatic N) is 5. The van der Waals surface area contributed by atoms with Crippen LogP contribution in [0, 0.1) is 12.8 Å². The van der Waals surface area contributed by atoms with Gasteiger partial charge in [0.25, 0.3) is 0 Å². The number of likely N-dealkylation sites (tertiary alicyclic amines) is 1. The molecule has 7 heteroatoms. The van der Waals surface area contributed by atoms with Crippen molar-refractivity contribution in [3.63, 3.8) is 0 Å². The first-order valence-corrected chi connectivity index (χ1v) is 9.40. The number of hydrogen-bond donors (Lipinski definition) is 1. The molecule has 0 aromatic carbocycles. The molecule has 0 bridgehead atoms. The Labute approximate surface area is 153 Å². The molecular weight excluding hydrogens is 328 g/mol. The fourth-order valence-corrected chi connectivity index (χ4v) is 4.07. The molecule has 2 fully saturated rings. The van der Waals surface area contributed by atoms with Gasteiger partial charge in [0.15, 0.2) is 0 Å². The van der Waals surface area contributed by atoms with Gasteiger partial charge >= 0.3 is 0 Å². The average molecular weight is 352 g/mol. The highest BCUT2D eigenvalue weighted by molar-refractivity contribution is 5.79. The average Bonchev–Trinajstić information content (AvgIpc) is 3.33. The molecule has 2 aliphatic rings. The Balaban J connectivity index is 1.57. The summed E-state index contributed by atoms with van der Waals surface area (Å²) < 4.78 is 0. The van der Waals surface area contributed by atoms with Crippen molar-refractivity contribution >= 4 is 17.5 Å². The normalized spacial score (nSPS) is 20.5. The fraction of sp³-hybridized carbons (Fsp3) is 0.526. The van der Waals surface area contributed by atoms with Gasteiger partial charge in [0.2, 0.25) is 5.91 Å². The number of aryl methyl sites for hydroxylation is 1. The van der Waals surface area contributed by atoms with Gasteiger partial charge in [-0.05, 0) is 32.6 Å². The standard InChI is InChI=1S/C19H24N6O/c1-13-22-15(11-17(23-13)24-18-12-20-8-9-21-18)16-7-4-10-25(16)19(26)14-5-2-3-6-14/h8-9,11-12,14,16H,2-7,10H2,1H3,(H,21,22,23,24). The third kappa shape index (κ3) is 3.52. The van der Waals surface area contributed by atoms with Gasteiger partial charge in [-0.15, -0.1) is 0 Å². The summed E-state index contributed by atoms with van der Waals surface area (Å²) in [5.74, 6) is 2.53. The molecule has 4 rings (SSSR count). The quantitative estimate of drug-likeness (QED) is 0.910. The van der Waals surface area contributed by atoms with E-state index in [2.05, 4.69) is 25.3 Å². The van der Waals surface area contributed by atoms with Gasteiger partial charge in [-0.25, -0.2) is 15.0 Å². The van der Waals surface area contributed by atoms with E-state index in [0.717, 1.165) is 37.9 Å². The van der Waals surface area contributed by atoms with Crippen LogP contribution in [0.5, 0.6) is 0 Å². The molecule has 1 amide bonds. The van der Waals surface area contributed by atoms with E-state index in [1.807, 2.05) is 17.9 Å². The minimum atomic E-state index is 0.0483. The van der Waals surface area contributed by atoms with Crippen molar-refractivity contribution in [2.75, 3.05) is 11.9 Å². The molecule has 0 spiro atoms. The number of amides is 1. The predicted octanol–water partition coefficient (Wildman–Crippen LogP) is 3.17. The molecule has 7 nitrogen and oxygen atoms in total. The molecule has 1 aliphatic heterocycles. The number of rotatable bonds is 4. The van der Waals surface area contributed by atoms with Crippen LogP contribution in [0.1, 0.15) is 56.1 Å². The summed E-state index contributed by atoms with van der Waals surface area (Å²) in [6.45, 7) is 2.71. The first kappa shape index (κ1) is 16.9. The van der Waals surface area contributed by atoms with E-state index in [9.17, 15) is 4.79 Å².